The lowest BCUT2D eigenvalue weighted by molar-refractivity contribution is -0.270. The Morgan fingerprint density at radius 2 is 0.776 bits per heavy atom. The van der Waals surface area contributed by atoms with Gasteiger partial charge in [-0.25, -0.2) is 0 Å². The molecule has 24 atom stereocenters. The number of carbonyl (C=O) groups excluding carboxylic acids is 1. The number of ether oxygens (including phenoxy) is 13. The van der Waals surface area contributed by atoms with E-state index in [4.69, 9.17) is 56.8 Å². The molecule has 27 nitrogen and oxygen atoms in total. The second kappa shape index (κ2) is 25.7. The minimum atomic E-state index is -1.76. The Labute approximate surface area is 384 Å². The van der Waals surface area contributed by atoms with Gasteiger partial charge in [-0.15, -0.1) is 0 Å². The van der Waals surface area contributed by atoms with E-state index in [0.717, 1.165) is 32.1 Å². The maximum atomic E-state index is 11.7. The lowest BCUT2D eigenvalue weighted by Gasteiger charge is -2.30. The first-order chi connectivity index (χ1) is 32.1. The topological polar surface area (TPSA) is 400 Å². The molecule has 0 radical (unpaired) electrons. The van der Waals surface area contributed by atoms with Gasteiger partial charge in [0.25, 0.3) is 0 Å². The van der Waals surface area contributed by atoms with E-state index < -0.39 is 187 Å². The molecule has 6 fully saturated rings. The van der Waals surface area contributed by atoms with Crippen molar-refractivity contribution < 1.29 is 133 Å². The molecule has 0 unspecified atom stereocenters. The second-order valence-electron chi connectivity index (χ2n) is 17.2. The van der Waals surface area contributed by atoms with Crippen LogP contribution in [0, 0.1) is 0 Å². The molecule has 6 aliphatic rings. The van der Waals surface area contributed by atoms with Crippen LogP contribution in [0.1, 0.15) is 44.9 Å². The molecule has 0 aromatic rings. The highest BCUT2D eigenvalue weighted by molar-refractivity contribution is 5.68. The Bertz CT molecular complexity index is 1470. The molecule has 0 bridgehead atoms. The maximum absolute atomic E-state index is 11.7. The predicted octanol–water partition coefficient (Wildman–Crippen LogP) is -7.34. The molecule has 6 saturated heterocycles. The molecular formula is C40H68O27. The largest absolute Gasteiger partial charge is 0.469 e. The van der Waals surface area contributed by atoms with Gasteiger partial charge in [0.15, 0.2) is 37.7 Å². The van der Waals surface area contributed by atoms with Gasteiger partial charge in [-0.2, -0.15) is 0 Å². The molecule has 6 heterocycles. The zero-order valence-electron chi connectivity index (χ0n) is 36.8. The van der Waals surface area contributed by atoms with Crippen LogP contribution in [0.25, 0.3) is 0 Å². The Morgan fingerprint density at radius 1 is 0.388 bits per heavy atom. The van der Waals surface area contributed by atoms with Gasteiger partial charge in [0.1, 0.15) is 110 Å². The molecule has 390 valence electrons. The normalized spacial score (nSPS) is 45.5. The van der Waals surface area contributed by atoms with Crippen LogP contribution in [-0.4, -0.2) is 273 Å². The number of hydrogen-bond donors (Lipinski definition) is 13. The summed E-state index contributed by atoms with van der Waals surface area (Å²) in [4.78, 5) is 11.3. The van der Waals surface area contributed by atoms with E-state index in [9.17, 15) is 71.2 Å². The number of rotatable bonds is 26. The molecule has 6 rings (SSSR count). The summed E-state index contributed by atoms with van der Waals surface area (Å²) in [6.45, 7) is -3.74. The lowest BCUT2D eigenvalue weighted by Crippen LogP contribution is -2.48. The van der Waals surface area contributed by atoms with Crippen molar-refractivity contribution in [1.82, 2.24) is 0 Å². The standard InChI is InChI=1S/C40H68O27/c1-55-22(45)8-6-4-2-3-5-7-9-56-35-28(51)25(48)20(63-35)14-57-36-31(54)32(65-40-34(27(50)19(13-44)62-40)67-38-30(53)24(47)17(11-42)60-38)21(64-36)15-58-39-33(26(49)18(12-43)61-39)66-37-29(52)23(46)16(10-41)59-37/h16-21,23-44,46-54H,2-15H2,1H3/t16-,17-,18-,19-,20-,21-,23-,24-,25-,26-,27-,28+,29+,30+,31+,32-,33+,34+,35+,36+,37+,38+,39+,40-/m1/s1. The van der Waals surface area contributed by atoms with Crippen LogP contribution < -0.4 is 0 Å². The van der Waals surface area contributed by atoms with E-state index in [-0.39, 0.29) is 12.6 Å². The van der Waals surface area contributed by atoms with Crippen molar-refractivity contribution in [3.63, 3.8) is 0 Å². The van der Waals surface area contributed by atoms with Crippen LogP contribution in [0.15, 0.2) is 0 Å². The average molecular weight is 981 g/mol. The summed E-state index contributed by atoms with van der Waals surface area (Å²) >= 11 is 0. The van der Waals surface area contributed by atoms with E-state index in [1.807, 2.05) is 0 Å². The van der Waals surface area contributed by atoms with Crippen LogP contribution in [0.5, 0.6) is 0 Å². The van der Waals surface area contributed by atoms with Gasteiger partial charge in [-0.1, -0.05) is 25.7 Å². The van der Waals surface area contributed by atoms with Crippen molar-refractivity contribution in [3.05, 3.63) is 0 Å². The minimum absolute atomic E-state index is 0.204. The highest BCUT2D eigenvalue weighted by Crippen LogP contribution is 2.37. The Kier molecular flexibility index (Phi) is 21.0. The van der Waals surface area contributed by atoms with E-state index in [0.29, 0.717) is 12.8 Å². The van der Waals surface area contributed by atoms with Crippen LogP contribution >= 0.6 is 0 Å². The minimum Gasteiger partial charge on any atom is -0.469 e. The molecule has 0 aromatic carbocycles. The van der Waals surface area contributed by atoms with E-state index in [1.165, 1.54) is 7.11 Å². The molecule has 0 amide bonds. The third kappa shape index (κ3) is 13.1. The molecule has 67 heavy (non-hydrogen) atoms. The molecule has 6 aliphatic heterocycles. The smallest absolute Gasteiger partial charge is 0.305 e. The third-order valence-corrected chi connectivity index (χ3v) is 12.6. The predicted molar refractivity (Wildman–Crippen MR) is 211 cm³/mol. The molecule has 13 N–H and O–H groups in total. The van der Waals surface area contributed by atoms with Gasteiger partial charge in [-0.05, 0) is 12.8 Å². The Balaban J connectivity index is 1.10. The van der Waals surface area contributed by atoms with Crippen LogP contribution in [0.4, 0.5) is 0 Å². The first-order valence-electron chi connectivity index (χ1n) is 22.5. The molecule has 27 heteroatoms. The molecule has 0 aliphatic carbocycles. The third-order valence-electron chi connectivity index (χ3n) is 12.6. The quantitative estimate of drug-likeness (QED) is 0.0283. The van der Waals surface area contributed by atoms with Crippen molar-refractivity contribution in [2.24, 2.45) is 0 Å². The van der Waals surface area contributed by atoms with Gasteiger partial charge in [0.2, 0.25) is 0 Å². The van der Waals surface area contributed by atoms with Crippen molar-refractivity contribution in [2.45, 2.75) is 193 Å². The summed E-state index contributed by atoms with van der Waals surface area (Å²) in [6, 6.07) is 0. The molecule has 0 spiro atoms. The summed E-state index contributed by atoms with van der Waals surface area (Å²) in [5.41, 5.74) is 0. The zero-order valence-corrected chi connectivity index (χ0v) is 36.8. The van der Waals surface area contributed by atoms with Crippen LogP contribution in [-0.2, 0) is 66.4 Å². The van der Waals surface area contributed by atoms with E-state index >= 15 is 0 Å². The van der Waals surface area contributed by atoms with Gasteiger partial charge >= 0.3 is 5.97 Å². The van der Waals surface area contributed by atoms with Crippen LogP contribution in [0.2, 0.25) is 0 Å². The monoisotopic (exact) mass is 980 g/mol. The zero-order chi connectivity index (χ0) is 48.5. The van der Waals surface area contributed by atoms with Crippen molar-refractivity contribution >= 4 is 5.97 Å². The van der Waals surface area contributed by atoms with E-state index in [2.05, 4.69) is 4.74 Å². The summed E-state index contributed by atoms with van der Waals surface area (Å²) < 4.78 is 73.7. The van der Waals surface area contributed by atoms with Gasteiger partial charge in [0, 0.05) is 13.0 Å². The average Bonchev–Trinajstić information content (AvgIpc) is 4.12. The highest BCUT2D eigenvalue weighted by Gasteiger charge is 2.56. The summed E-state index contributed by atoms with van der Waals surface area (Å²) in [7, 11) is 1.35. The molecule has 0 saturated carbocycles. The number of unbranched alkanes of at least 4 members (excludes halogenated alkanes) is 5. The fourth-order valence-electron chi connectivity index (χ4n) is 8.56. The number of esters is 1. The van der Waals surface area contributed by atoms with Crippen LogP contribution in [0.3, 0.4) is 0 Å². The summed E-state index contributed by atoms with van der Waals surface area (Å²) in [6.07, 6.45) is -30.9. The van der Waals surface area contributed by atoms with Gasteiger partial charge < -0.3 is 128 Å². The lowest BCUT2D eigenvalue weighted by atomic mass is 10.1. The summed E-state index contributed by atoms with van der Waals surface area (Å²) in [5, 5.41) is 136. The molecular weight excluding hydrogens is 912 g/mol. The Hall–Kier alpha value is -1.53. The first-order valence-corrected chi connectivity index (χ1v) is 22.5. The van der Waals surface area contributed by atoms with Crippen molar-refractivity contribution in [1.29, 1.82) is 0 Å². The van der Waals surface area contributed by atoms with Crippen molar-refractivity contribution in [3.8, 4) is 0 Å². The number of carbonyl (C=O) groups is 1. The summed E-state index contributed by atoms with van der Waals surface area (Å²) in [5.74, 6) is -0.251. The van der Waals surface area contributed by atoms with Gasteiger partial charge in [-0.3, -0.25) is 4.79 Å². The second-order valence-corrected chi connectivity index (χ2v) is 17.2. The number of methoxy groups -OCH3 is 1. The van der Waals surface area contributed by atoms with E-state index in [1.54, 1.807) is 0 Å². The fraction of sp³-hybridized carbons (Fsp3) is 0.975. The fourth-order valence-corrected chi connectivity index (χ4v) is 8.56. The number of hydrogen-bond acceptors (Lipinski definition) is 27. The number of aliphatic hydroxyl groups is 13. The maximum Gasteiger partial charge on any atom is 0.305 e. The first kappa shape index (κ1) is 54.8. The number of aliphatic hydroxyl groups excluding tert-OH is 13. The van der Waals surface area contributed by atoms with Gasteiger partial charge in [0.05, 0.1) is 46.8 Å². The Morgan fingerprint density at radius 3 is 1.33 bits per heavy atom. The SMILES string of the molecule is COC(=O)CCCCCCCCO[C@H]1O[C@H](CO[C@H]2O[C@H](CO[C@H]3O[C@H](CO)[C@@H](O)[C@@H]3O[C@@H]3O[C@H](CO)[C@@H](O)[C@@H]3O)[C@@H](O[C@H]3O[C@H](CO)[C@@H](O)[C@@H]3O[C@@H]3O[C@H](CO)[C@@H](O)[C@@H]3O)[C@@H]2O)[C@@H](O)[C@@H]1O. The highest BCUT2D eigenvalue weighted by atomic mass is 16.8. The molecule has 0 aromatic heterocycles. The van der Waals surface area contributed by atoms with Crippen molar-refractivity contribution in [2.75, 3.05) is 53.4 Å².